The van der Waals surface area contributed by atoms with Gasteiger partial charge in [-0.1, -0.05) is 0 Å². The Bertz CT molecular complexity index is 321. The van der Waals surface area contributed by atoms with Gasteiger partial charge in [-0.3, -0.25) is 4.79 Å². The molecule has 4 heteroatoms. The van der Waals surface area contributed by atoms with Crippen molar-refractivity contribution < 1.29 is 4.79 Å². The van der Waals surface area contributed by atoms with Crippen LogP contribution in [0.5, 0.6) is 0 Å². The lowest BCUT2D eigenvalue weighted by Gasteiger charge is -2.07. The minimum atomic E-state index is 0.0164. The van der Waals surface area contributed by atoms with Crippen LogP contribution in [0.2, 0.25) is 0 Å². The van der Waals surface area contributed by atoms with Crippen molar-refractivity contribution in [3.8, 4) is 0 Å². The lowest BCUT2D eigenvalue weighted by atomic mass is 10.0. The van der Waals surface area contributed by atoms with E-state index in [9.17, 15) is 4.79 Å². The van der Waals surface area contributed by atoms with E-state index in [1.807, 2.05) is 0 Å². The molecule has 4 nitrogen and oxygen atoms in total. The number of rotatable bonds is 4. The van der Waals surface area contributed by atoms with E-state index in [1.54, 1.807) is 0 Å². The van der Waals surface area contributed by atoms with Gasteiger partial charge in [-0.05, 0) is 18.8 Å². The monoisotopic (exact) mass is 191 g/mol. The van der Waals surface area contributed by atoms with E-state index in [4.69, 9.17) is 5.73 Å². The average Bonchev–Trinajstić information content (AvgIpc) is 3.02. The number of carbonyl (C=O) groups excluding carboxylic acids is 1. The van der Waals surface area contributed by atoms with Crippen molar-refractivity contribution in [3.63, 3.8) is 0 Å². The highest BCUT2D eigenvalue weighted by atomic mass is 16.1. The third-order valence-electron chi connectivity index (χ3n) is 2.53. The zero-order valence-corrected chi connectivity index (χ0v) is 7.89. The third-order valence-corrected chi connectivity index (χ3v) is 2.53. The molecule has 1 aliphatic rings. The summed E-state index contributed by atoms with van der Waals surface area (Å²) in [5.41, 5.74) is 6.41. The van der Waals surface area contributed by atoms with Crippen LogP contribution in [-0.2, 0) is 0 Å². The first-order valence-electron chi connectivity index (χ1n) is 4.81. The number of aromatic nitrogens is 2. The van der Waals surface area contributed by atoms with Crippen LogP contribution in [0.1, 0.15) is 29.6 Å². The Morgan fingerprint density at radius 1 is 1.50 bits per heavy atom. The molecule has 1 saturated carbocycles. The minimum absolute atomic E-state index is 0.0164. The molecule has 1 heterocycles. The first-order chi connectivity index (χ1) is 6.77. The molecule has 14 heavy (non-hydrogen) atoms. The molecule has 2 rings (SSSR count). The van der Waals surface area contributed by atoms with Gasteiger partial charge >= 0.3 is 0 Å². The largest absolute Gasteiger partial charge is 0.327 e. The van der Waals surface area contributed by atoms with E-state index in [1.165, 1.54) is 31.6 Å². The summed E-state index contributed by atoms with van der Waals surface area (Å²) in [7, 11) is 0. The molecule has 74 valence electrons. The summed E-state index contributed by atoms with van der Waals surface area (Å²) in [5, 5.41) is 0. The number of hydrogen-bond donors (Lipinski definition) is 1. The predicted octanol–water partition coefficient (Wildman–Crippen LogP) is 0.787. The highest BCUT2D eigenvalue weighted by molar-refractivity contribution is 5.95. The van der Waals surface area contributed by atoms with E-state index in [2.05, 4.69) is 9.97 Å². The van der Waals surface area contributed by atoms with Gasteiger partial charge in [-0.25, -0.2) is 9.97 Å². The predicted molar refractivity (Wildman–Crippen MR) is 51.7 cm³/mol. The van der Waals surface area contributed by atoms with E-state index < -0.39 is 0 Å². The SMILES string of the molecule is NC(CC(=O)c1cncnc1)C1CC1. The molecule has 1 aromatic rings. The second-order valence-corrected chi connectivity index (χ2v) is 3.76. The number of hydrogen-bond acceptors (Lipinski definition) is 4. The van der Waals surface area contributed by atoms with Gasteiger partial charge in [-0.15, -0.1) is 0 Å². The van der Waals surface area contributed by atoms with Gasteiger partial charge in [0, 0.05) is 24.9 Å². The van der Waals surface area contributed by atoms with Gasteiger partial charge in [0.1, 0.15) is 6.33 Å². The van der Waals surface area contributed by atoms with Crippen LogP contribution in [0.25, 0.3) is 0 Å². The van der Waals surface area contributed by atoms with Gasteiger partial charge in [0.2, 0.25) is 0 Å². The average molecular weight is 191 g/mol. The van der Waals surface area contributed by atoms with Crippen LogP contribution < -0.4 is 5.73 Å². The summed E-state index contributed by atoms with van der Waals surface area (Å²) in [5.74, 6) is 0.605. The fourth-order valence-corrected chi connectivity index (χ4v) is 1.47. The van der Waals surface area contributed by atoms with Gasteiger partial charge in [-0.2, -0.15) is 0 Å². The van der Waals surface area contributed by atoms with E-state index in [-0.39, 0.29) is 11.8 Å². The van der Waals surface area contributed by atoms with Crippen molar-refractivity contribution in [1.29, 1.82) is 0 Å². The van der Waals surface area contributed by atoms with Crippen molar-refractivity contribution in [2.45, 2.75) is 25.3 Å². The van der Waals surface area contributed by atoms with Crippen molar-refractivity contribution >= 4 is 5.78 Å². The lowest BCUT2D eigenvalue weighted by molar-refractivity contribution is 0.0970. The highest BCUT2D eigenvalue weighted by Gasteiger charge is 2.29. The van der Waals surface area contributed by atoms with Crippen LogP contribution >= 0.6 is 0 Å². The Morgan fingerprint density at radius 2 is 2.14 bits per heavy atom. The second-order valence-electron chi connectivity index (χ2n) is 3.76. The van der Waals surface area contributed by atoms with Crippen LogP contribution in [0, 0.1) is 5.92 Å². The topological polar surface area (TPSA) is 68.9 Å². The van der Waals surface area contributed by atoms with Gasteiger partial charge < -0.3 is 5.73 Å². The molecule has 1 aliphatic carbocycles. The van der Waals surface area contributed by atoms with Crippen LogP contribution in [0.15, 0.2) is 18.7 Å². The second kappa shape index (κ2) is 3.84. The van der Waals surface area contributed by atoms with Gasteiger partial charge in [0.05, 0.1) is 5.56 Å². The first-order valence-corrected chi connectivity index (χ1v) is 4.81. The molecule has 1 atom stereocenters. The summed E-state index contributed by atoms with van der Waals surface area (Å²) in [6.07, 6.45) is 7.24. The fourth-order valence-electron chi connectivity index (χ4n) is 1.47. The zero-order chi connectivity index (χ0) is 9.97. The maximum Gasteiger partial charge on any atom is 0.167 e. The Labute approximate surface area is 82.6 Å². The standard InChI is InChI=1S/C10H13N3O/c11-9(7-1-2-7)3-10(14)8-4-12-6-13-5-8/h4-7,9H,1-3,11H2. The molecule has 0 bridgehead atoms. The molecule has 1 fully saturated rings. The Balaban J connectivity index is 1.95. The summed E-state index contributed by atoms with van der Waals surface area (Å²) < 4.78 is 0. The Kier molecular flexibility index (Phi) is 2.54. The summed E-state index contributed by atoms with van der Waals surface area (Å²) in [6.45, 7) is 0. The fraction of sp³-hybridized carbons (Fsp3) is 0.500. The molecular weight excluding hydrogens is 178 g/mol. The number of nitrogens with zero attached hydrogens (tertiary/aromatic N) is 2. The van der Waals surface area contributed by atoms with E-state index in [0.717, 1.165) is 0 Å². The summed E-state index contributed by atoms with van der Waals surface area (Å²) in [6, 6.07) is 0.0164. The minimum Gasteiger partial charge on any atom is -0.327 e. The van der Waals surface area contributed by atoms with Crippen LogP contribution in [0.4, 0.5) is 0 Å². The molecule has 0 spiro atoms. The molecule has 2 N–H and O–H groups in total. The van der Waals surface area contributed by atoms with Gasteiger partial charge in [0.15, 0.2) is 5.78 Å². The molecule has 1 unspecified atom stereocenters. The normalized spacial score (nSPS) is 17.8. The van der Waals surface area contributed by atoms with Crippen molar-refractivity contribution in [2.24, 2.45) is 11.7 Å². The molecule has 0 aliphatic heterocycles. The van der Waals surface area contributed by atoms with Crippen molar-refractivity contribution in [3.05, 3.63) is 24.3 Å². The number of Topliss-reactive ketones (excluding diaryl/α,β-unsaturated/α-hetero) is 1. The Hall–Kier alpha value is -1.29. The Morgan fingerprint density at radius 3 is 2.71 bits per heavy atom. The van der Waals surface area contributed by atoms with Crippen molar-refractivity contribution in [2.75, 3.05) is 0 Å². The lowest BCUT2D eigenvalue weighted by Crippen LogP contribution is -2.26. The van der Waals surface area contributed by atoms with Crippen molar-refractivity contribution in [1.82, 2.24) is 9.97 Å². The van der Waals surface area contributed by atoms with Crippen LogP contribution in [0.3, 0.4) is 0 Å². The number of nitrogens with two attached hydrogens (primary N) is 1. The molecule has 0 amide bonds. The number of ketones is 1. The molecule has 0 radical (unpaired) electrons. The molecule has 1 aromatic heterocycles. The highest BCUT2D eigenvalue weighted by Crippen LogP contribution is 2.33. The zero-order valence-electron chi connectivity index (χ0n) is 7.89. The van der Waals surface area contributed by atoms with E-state index in [0.29, 0.717) is 17.9 Å². The molecular formula is C10H13N3O. The number of carbonyl (C=O) groups is 1. The molecule has 0 saturated heterocycles. The van der Waals surface area contributed by atoms with Gasteiger partial charge in [0.25, 0.3) is 0 Å². The maximum atomic E-state index is 11.6. The quantitative estimate of drug-likeness (QED) is 0.714. The summed E-state index contributed by atoms with van der Waals surface area (Å²) >= 11 is 0. The maximum absolute atomic E-state index is 11.6. The summed E-state index contributed by atoms with van der Waals surface area (Å²) in [4.78, 5) is 19.2. The molecule has 0 aromatic carbocycles. The van der Waals surface area contributed by atoms with E-state index >= 15 is 0 Å². The van der Waals surface area contributed by atoms with Crippen LogP contribution in [-0.4, -0.2) is 21.8 Å². The first kappa shape index (κ1) is 9.27. The third kappa shape index (κ3) is 2.14. The smallest absolute Gasteiger partial charge is 0.167 e.